The lowest BCUT2D eigenvalue weighted by atomic mass is 10.2. The van der Waals surface area contributed by atoms with Crippen molar-refractivity contribution in [2.45, 2.75) is 4.90 Å². The third-order valence-corrected chi connectivity index (χ3v) is 3.41. The highest BCUT2D eigenvalue weighted by atomic mass is 35.5. The Morgan fingerprint density at radius 1 is 1.53 bits per heavy atom. The summed E-state index contributed by atoms with van der Waals surface area (Å²) in [4.78, 5) is 22.8. The van der Waals surface area contributed by atoms with Crippen molar-refractivity contribution < 1.29 is 14.7 Å². The van der Waals surface area contributed by atoms with Gasteiger partial charge in [0.05, 0.1) is 17.0 Å². The molecule has 0 unspecified atom stereocenters. The molecule has 1 aromatic carbocycles. The summed E-state index contributed by atoms with van der Waals surface area (Å²) < 4.78 is 0.971. The summed E-state index contributed by atoms with van der Waals surface area (Å²) in [6.07, 6.45) is 0. The number of hydrogen-bond acceptors (Lipinski definition) is 3. The van der Waals surface area contributed by atoms with Crippen LogP contribution in [0.5, 0.6) is 0 Å². The van der Waals surface area contributed by atoms with E-state index in [0.29, 0.717) is 5.69 Å². The minimum absolute atomic E-state index is 0.120. The molecule has 1 aliphatic heterocycles. The summed E-state index contributed by atoms with van der Waals surface area (Å²) in [7, 11) is 0. The standard InChI is InChI=1S/C9H6ClNO3S/c10-11-6-3-5(9(13)14)1-2-7(6)15-4-8(11)12/h1-3H,4H2,(H,13,14). The summed E-state index contributed by atoms with van der Waals surface area (Å²) in [6.45, 7) is 0. The van der Waals surface area contributed by atoms with Gasteiger partial charge in [-0.05, 0) is 18.2 Å². The van der Waals surface area contributed by atoms with Gasteiger partial charge in [0.2, 0.25) is 0 Å². The van der Waals surface area contributed by atoms with Crippen LogP contribution in [0.2, 0.25) is 0 Å². The van der Waals surface area contributed by atoms with Gasteiger partial charge in [0, 0.05) is 16.7 Å². The van der Waals surface area contributed by atoms with Crippen LogP contribution in [0.4, 0.5) is 5.69 Å². The van der Waals surface area contributed by atoms with Crippen molar-refractivity contribution in [3.63, 3.8) is 0 Å². The molecule has 1 amide bonds. The lowest BCUT2D eigenvalue weighted by Gasteiger charge is -2.22. The minimum atomic E-state index is -1.04. The van der Waals surface area contributed by atoms with Gasteiger partial charge >= 0.3 is 5.97 Å². The molecule has 0 radical (unpaired) electrons. The number of carboxylic acids is 1. The first-order chi connectivity index (χ1) is 7.09. The van der Waals surface area contributed by atoms with Gasteiger partial charge in [-0.3, -0.25) is 4.79 Å². The van der Waals surface area contributed by atoms with Crippen LogP contribution < -0.4 is 4.42 Å². The number of carbonyl (C=O) groups is 2. The molecule has 0 saturated carbocycles. The average Bonchev–Trinajstić information content (AvgIpc) is 2.23. The Kier molecular flexibility index (Phi) is 2.58. The molecule has 78 valence electrons. The number of rotatable bonds is 1. The van der Waals surface area contributed by atoms with Crippen molar-refractivity contribution in [2.24, 2.45) is 0 Å². The minimum Gasteiger partial charge on any atom is -0.478 e. The van der Waals surface area contributed by atoms with Crippen molar-refractivity contribution >= 4 is 41.1 Å². The first kappa shape index (κ1) is 10.3. The SMILES string of the molecule is O=C(O)c1ccc2c(c1)N(Cl)C(=O)CS2. The van der Waals surface area contributed by atoms with Crippen molar-refractivity contribution in [2.75, 3.05) is 10.2 Å². The van der Waals surface area contributed by atoms with Crippen LogP contribution in [0, 0.1) is 0 Å². The number of carbonyl (C=O) groups excluding carboxylic acids is 1. The molecule has 0 aliphatic carbocycles. The first-order valence-electron chi connectivity index (χ1n) is 4.08. The normalized spacial score (nSPS) is 15.0. The summed E-state index contributed by atoms with van der Waals surface area (Å²) in [6, 6.07) is 4.55. The molecule has 0 spiro atoms. The zero-order valence-corrected chi connectivity index (χ0v) is 9.01. The Morgan fingerprint density at radius 2 is 2.27 bits per heavy atom. The molecule has 4 nitrogen and oxygen atoms in total. The highest BCUT2D eigenvalue weighted by molar-refractivity contribution is 8.00. The number of fused-ring (bicyclic) bond motifs is 1. The number of amides is 1. The molecule has 0 bridgehead atoms. The number of nitrogens with zero attached hydrogens (tertiary/aromatic N) is 1. The summed E-state index contributed by atoms with van der Waals surface area (Å²) in [5.41, 5.74) is 0.563. The second kappa shape index (κ2) is 3.75. The Morgan fingerprint density at radius 3 is 2.93 bits per heavy atom. The van der Waals surface area contributed by atoms with E-state index >= 15 is 0 Å². The van der Waals surface area contributed by atoms with E-state index in [2.05, 4.69) is 0 Å². The predicted octanol–water partition coefficient (Wildman–Crippen LogP) is 1.98. The van der Waals surface area contributed by atoms with E-state index in [1.54, 1.807) is 6.07 Å². The van der Waals surface area contributed by atoms with E-state index < -0.39 is 5.97 Å². The van der Waals surface area contributed by atoms with Crippen molar-refractivity contribution in [1.82, 2.24) is 0 Å². The third-order valence-electron chi connectivity index (χ3n) is 1.99. The molecule has 15 heavy (non-hydrogen) atoms. The highest BCUT2D eigenvalue weighted by Gasteiger charge is 2.24. The maximum atomic E-state index is 11.3. The fourth-order valence-corrected chi connectivity index (χ4v) is 2.45. The van der Waals surface area contributed by atoms with Gasteiger partial charge in [0.25, 0.3) is 5.91 Å². The summed E-state index contributed by atoms with van der Waals surface area (Å²) >= 11 is 7.10. The Labute approximate surface area is 94.9 Å². The van der Waals surface area contributed by atoms with Crippen LogP contribution in [-0.4, -0.2) is 22.7 Å². The highest BCUT2D eigenvalue weighted by Crippen LogP contribution is 2.36. The van der Waals surface area contributed by atoms with Crippen LogP contribution in [-0.2, 0) is 4.79 Å². The summed E-state index contributed by atoms with van der Waals surface area (Å²) in [5.74, 6) is -0.995. The Bertz CT molecular complexity index is 449. The fourth-order valence-electron chi connectivity index (χ4n) is 1.26. The largest absolute Gasteiger partial charge is 0.478 e. The smallest absolute Gasteiger partial charge is 0.335 e. The predicted molar refractivity (Wildman–Crippen MR) is 57.5 cm³/mol. The monoisotopic (exact) mass is 243 g/mol. The van der Waals surface area contributed by atoms with Gasteiger partial charge in [-0.15, -0.1) is 11.8 Å². The van der Waals surface area contributed by atoms with Crippen molar-refractivity contribution in [1.29, 1.82) is 0 Å². The second-order valence-corrected chi connectivity index (χ2v) is 4.31. The summed E-state index contributed by atoms with van der Waals surface area (Å²) in [5, 5.41) is 8.79. The number of halogens is 1. The molecule has 1 N–H and O–H groups in total. The first-order valence-corrected chi connectivity index (χ1v) is 5.41. The van der Waals surface area contributed by atoms with Gasteiger partial charge in [0.1, 0.15) is 0 Å². The van der Waals surface area contributed by atoms with Crippen molar-refractivity contribution in [3.05, 3.63) is 23.8 Å². The van der Waals surface area contributed by atoms with Crippen LogP contribution in [0.15, 0.2) is 23.1 Å². The van der Waals surface area contributed by atoms with E-state index in [0.717, 1.165) is 9.31 Å². The van der Waals surface area contributed by atoms with E-state index in [9.17, 15) is 9.59 Å². The average molecular weight is 244 g/mol. The van der Waals surface area contributed by atoms with Crippen LogP contribution in [0.1, 0.15) is 10.4 Å². The molecule has 0 fully saturated rings. The number of anilines is 1. The third kappa shape index (κ3) is 1.80. The second-order valence-electron chi connectivity index (χ2n) is 2.95. The molecule has 0 saturated heterocycles. The Balaban J connectivity index is 2.50. The lowest BCUT2D eigenvalue weighted by Crippen LogP contribution is -2.26. The van der Waals surface area contributed by atoms with Crippen LogP contribution >= 0.6 is 23.5 Å². The molecule has 1 heterocycles. The van der Waals surface area contributed by atoms with Crippen LogP contribution in [0.25, 0.3) is 0 Å². The molecule has 1 aromatic rings. The van der Waals surface area contributed by atoms with Gasteiger partial charge < -0.3 is 5.11 Å². The number of benzene rings is 1. The van der Waals surface area contributed by atoms with E-state index in [1.165, 1.54) is 23.9 Å². The van der Waals surface area contributed by atoms with Crippen LogP contribution in [0.3, 0.4) is 0 Å². The van der Waals surface area contributed by atoms with E-state index in [4.69, 9.17) is 16.9 Å². The van der Waals surface area contributed by atoms with E-state index in [1.807, 2.05) is 0 Å². The molecule has 2 rings (SSSR count). The lowest BCUT2D eigenvalue weighted by molar-refractivity contribution is -0.115. The number of aromatic carboxylic acids is 1. The molecular formula is C9H6ClNO3S. The molecule has 0 aromatic heterocycles. The quantitative estimate of drug-likeness (QED) is 0.767. The zero-order valence-electron chi connectivity index (χ0n) is 7.44. The maximum absolute atomic E-state index is 11.3. The van der Waals surface area contributed by atoms with Gasteiger partial charge in [-0.25, -0.2) is 9.21 Å². The number of hydrogen-bond donors (Lipinski definition) is 1. The molecule has 6 heteroatoms. The Hall–Kier alpha value is -1.20. The molecular weight excluding hydrogens is 238 g/mol. The number of carboxylic acid groups (broad SMARTS) is 1. The zero-order chi connectivity index (χ0) is 11.0. The fraction of sp³-hybridized carbons (Fsp3) is 0.111. The van der Waals surface area contributed by atoms with Gasteiger partial charge in [-0.1, -0.05) is 0 Å². The maximum Gasteiger partial charge on any atom is 0.335 e. The molecule has 1 aliphatic rings. The van der Waals surface area contributed by atoms with Gasteiger partial charge in [0.15, 0.2) is 0 Å². The van der Waals surface area contributed by atoms with E-state index in [-0.39, 0.29) is 17.2 Å². The number of thioether (sulfide) groups is 1. The van der Waals surface area contributed by atoms with Gasteiger partial charge in [-0.2, -0.15) is 0 Å². The topological polar surface area (TPSA) is 57.6 Å². The van der Waals surface area contributed by atoms with Crippen molar-refractivity contribution in [3.8, 4) is 0 Å². The molecule has 0 atom stereocenters.